The Hall–Kier alpha value is -3.12. The minimum atomic E-state index is -0.641. The number of unbranched alkanes of at least 4 members (excludes halogenated alkanes) is 1. The number of likely N-dealkylation sites (tertiary alicyclic amines) is 1. The molecular formula is C29H38N2O4. The Balaban J connectivity index is 2.02. The summed E-state index contributed by atoms with van der Waals surface area (Å²) in [6.07, 6.45) is 3.64. The van der Waals surface area contributed by atoms with Crippen molar-refractivity contribution in [2.24, 2.45) is 0 Å². The molecule has 0 unspecified atom stereocenters. The number of ether oxygens (including phenoxy) is 1. The lowest BCUT2D eigenvalue weighted by molar-refractivity contribution is -0.139. The van der Waals surface area contributed by atoms with Crippen molar-refractivity contribution in [2.45, 2.75) is 52.5 Å². The Morgan fingerprint density at radius 2 is 1.77 bits per heavy atom. The summed E-state index contributed by atoms with van der Waals surface area (Å²) in [5, 5.41) is 11.3. The van der Waals surface area contributed by atoms with Crippen LogP contribution in [0.2, 0.25) is 0 Å². The van der Waals surface area contributed by atoms with E-state index in [9.17, 15) is 14.7 Å². The molecule has 2 aromatic rings. The van der Waals surface area contributed by atoms with Crippen molar-refractivity contribution in [1.29, 1.82) is 0 Å². The summed E-state index contributed by atoms with van der Waals surface area (Å²) in [6, 6.07) is 12.7. The molecule has 0 radical (unpaired) electrons. The van der Waals surface area contributed by atoms with E-state index < -0.39 is 17.7 Å². The number of carbonyl (C=O) groups is 2. The number of rotatable bonds is 11. The molecule has 0 saturated carbocycles. The molecule has 1 saturated heterocycles. The molecular weight excluding hydrogens is 440 g/mol. The molecule has 3 rings (SSSR count). The normalized spacial score (nSPS) is 17.4. The van der Waals surface area contributed by atoms with E-state index in [-0.39, 0.29) is 11.3 Å². The van der Waals surface area contributed by atoms with Gasteiger partial charge in [0.25, 0.3) is 11.7 Å². The van der Waals surface area contributed by atoms with Gasteiger partial charge in [-0.3, -0.25) is 9.59 Å². The van der Waals surface area contributed by atoms with Gasteiger partial charge in [-0.25, -0.2) is 0 Å². The van der Waals surface area contributed by atoms with Crippen LogP contribution in [0.3, 0.4) is 0 Å². The van der Waals surface area contributed by atoms with Crippen molar-refractivity contribution in [3.05, 3.63) is 70.3 Å². The maximum absolute atomic E-state index is 13.2. The van der Waals surface area contributed by atoms with Crippen LogP contribution in [0.1, 0.15) is 61.4 Å². The van der Waals surface area contributed by atoms with Gasteiger partial charge in [-0.05, 0) is 81.7 Å². The SMILES string of the molecule is CCCCOc1ccc(/C(O)=C2\C(=O)C(=O)N(CCCN(C)C)[C@H]2c2ccc(CC)cc2)cc1C. The van der Waals surface area contributed by atoms with Gasteiger partial charge in [0.1, 0.15) is 11.5 Å². The molecule has 1 aliphatic rings. The number of aliphatic hydroxyl groups excluding tert-OH is 1. The topological polar surface area (TPSA) is 70.1 Å². The molecule has 188 valence electrons. The molecule has 1 amide bonds. The Morgan fingerprint density at radius 3 is 2.37 bits per heavy atom. The Labute approximate surface area is 209 Å². The van der Waals surface area contributed by atoms with Gasteiger partial charge in [0, 0.05) is 12.1 Å². The maximum atomic E-state index is 13.2. The average Bonchev–Trinajstić information content (AvgIpc) is 3.09. The third-order valence-corrected chi connectivity index (χ3v) is 6.45. The van der Waals surface area contributed by atoms with Crippen molar-refractivity contribution < 1.29 is 19.4 Å². The van der Waals surface area contributed by atoms with Crippen LogP contribution in [0.5, 0.6) is 5.75 Å². The molecule has 0 aromatic heterocycles. The molecule has 6 nitrogen and oxygen atoms in total. The molecule has 6 heteroatoms. The summed E-state index contributed by atoms with van der Waals surface area (Å²) in [7, 11) is 3.96. The first kappa shape index (κ1) is 26.5. The fraction of sp³-hybridized carbons (Fsp3) is 0.448. The lowest BCUT2D eigenvalue weighted by atomic mass is 9.94. The van der Waals surface area contributed by atoms with Crippen LogP contribution in [-0.2, 0) is 16.0 Å². The summed E-state index contributed by atoms with van der Waals surface area (Å²) in [6.45, 7) is 7.97. The minimum absolute atomic E-state index is 0.142. The van der Waals surface area contributed by atoms with Crippen LogP contribution in [0.4, 0.5) is 0 Å². The van der Waals surface area contributed by atoms with Crippen LogP contribution in [0.15, 0.2) is 48.0 Å². The van der Waals surface area contributed by atoms with Crippen molar-refractivity contribution >= 4 is 17.4 Å². The highest BCUT2D eigenvalue weighted by atomic mass is 16.5. The third kappa shape index (κ3) is 6.12. The van der Waals surface area contributed by atoms with Gasteiger partial charge in [-0.1, -0.05) is 44.5 Å². The molecule has 1 N–H and O–H groups in total. The molecule has 0 aliphatic carbocycles. The van der Waals surface area contributed by atoms with Crippen molar-refractivity contribution in [3.63, 3.8) is 0 Å². The largest absolute Gasteiger partial charge is 0.507 e. The van der Waals surface area contributed by atoms with Crippen LogP contribution in [0.25, 0.3) is 5.76 Å². The zero-order valence-corrected chi connectivity index (χ0v) is 21.6. The van der Waals surface area contributed by atoms with Crippen LogP contribution in [0, 0.1) is 6.92 Å². The van der Waals surface area contributed by atoms with E-state index in [1.54, 1.807) is 11.0 Å². The second-order valence-corrected chi connectivity index (χ2v) is 9.43. The molecule has 0 bridgehead atoms. The van der Waals surface area contributed by atoms with E-state index in [4.69, 9.17) is 4.74 Å². The number of aryl methyl sites for hydroxylation is 2. The number of nitrogens with zero attached hydrogens (tertiary/aromatic N) is 2. The average molecular weight is 479 g/mol. The summed E-state index contributed by atoms with van der Waals surface area (Å²) < 4.78 is 5.84. The number of amides is 1. The van der Waals surface area contributed by atoms with Crippen LogP contribution >= 0.6 is 0 Å². The van der Waals surface area contributed by atoms with Gasteiger partial charge in [0.2, 0.25) is 0 Å². The van der Waals surface area contributed by atoms with E-state index >= 15 is 0 Å². The van der Waals surface area contributed by atoms with Gasteiger partial charge in [-0.15, -0.1) is 0 Å². The summed E-state index contributed by atoms with van der Waals surface area (Å²) in [5.74, 6) is -0.596. The Bertz CT molecular complexity index is 1070. The second kappa shape index (κ2) is 12.0. The van der Waals surface area contributed by atoms with Crippen molar-refractivity contribution in [3.8, 4) is 5.75 Å². The molecule has 2 aromatic carbocycles. The fourth-order valence-electron chi connectivity index (χ4n) is 4.39. The Morgan fingerprint density at radius 1 is 1.06 bits per heavy atom. The fourth-order valence-corrected chi connectivity index (χ4v) is 4.39. The minimum Gasteiger partial charge on any atom is -0.507 e. The van der Waals surface area contributed by atoms with Gasteiger partial charge in [-0.2, -0.15) is 0 Å². The first-order valence-corrected chi connectivity index (χ1v) is 12.5. The van der Waals surface area contributed by atoms with Gasteiger partial charge < -0.3 is 19.6 Å². The first-order valence-electron chi connectivity index (χ1n) is 12.5. The highest BCUT2D eigenvalue weighted by Gasteiger charge is 2.45. The molecule has 0 spiro atoms. The lowest BCUT2D eigenvalue weighted by Gasteiger charge is -2.26. The zero-order chi connectivity index (χ0) is 25.5. The zero-order valence-electron chi connectivity index (χ0n) is 21.6. The summed E-state index contributed by atoms with van der Waals surface area (Å²) >= 11 is 0. The monoisotopic (exact) mass is 478 g/mol. The van der Waals surface area contributed by atoms with E-state index in [1.165, 1.54) is 5.56 Å². The molecule has 1 heterocycles. The van der Waals surface area contributed by atoms with E-state index in [1.807, 2.05) is 57.4 Å². The van der Waals surface area contributed by atoms with E-state index in [0.717, 1.165) is 49.1 Å². The number of hydrogen-bond acceptors (Lipinski definition) is 5. The number of carbonyl (C=O) groups excluding carboxylic acids is 2. The highest BCUT2D eigenvalue weighted by Crippen LogP contribution is 2.40. The Kier molecular flexibility index (Phi) is 9.10. The second-order valence-electron chi connectivity index (χ2n) is 9.43. The predicted molar refractivity (Wildman–Crippen MR) is 140 cm³/mol. The quantitative estimate of drug-likeness (QED) is 0.210. The summed E-state index contributed by atoms with van der Waals surface area (Å²) in [5.41, 5.74) is 3.51. The maximum Gasteiger partial charge on any atom is 0.295 e. The first-order chi connectivity index (χ1) is 16.8. The van der Waals surface area contributed by atoms with Gasteiger partial charge >= 0.3 is 0 Å². The van der Waals surface area contributed by atoms with Crippen molar-refractivity contribution in [1.82, 2.24) is 9.80 Å². The standard InChI is InChI=1S/C29H38N2O4/c1-6-8-18-35-24-15-14-23(19-20(24)3)27(32)25-26(22-12-10-21(7-2)11-13-22)31(29(34)28(25)33)17-9-16-30(4)5/h10-15,19,26,32H,6-9,16-18H2,1-5H3/b27-25+/t26-/m0/s1. The smallest absolute Gasteiger partial charge is 0.295 e. The number of benzene rings is 2. The molecule has 1 atom stereocenters. The molecule has 1 aliphatic heterocycles. The van der Waals surface area contributed by atoms with Gasteiger partial charge in [0.15, 0.2) is 0 Å². The van der Waals surface area contributed by atoms with Gasteiger partial charge in [0.05, 0.1) is 18.2 Å². The van der Waals surface area contributed by atoms with E-state index in [0.29, 0.717) is 18.7 Å². The third-order valence-electron chi connectivity index (χ3n) is 6.45. The number of ketones is 1. The van der Waals surface area contributed by atoms with Crippen molar-refractivity contribution in [2.75, 3.05) is 33.8 Å². The summed E-state index contributed by atoms with van der Waals surface area (Å²) in [4.78, 5) is 30.0. The predicted octanol–water partition coefficient (Wildman–Crippen LogP) is 5.11. The number of aliphatic hydroxyl groups is 1. The van der Waals surface area contributed by atoms with Crippen LogP contribution < -0.4 is 4.74 Å². The molecule has 35 heavy (non-hydrogen) atoms. The van der Waals surface area contributed by atoms with E-state index in [2.05, 4.69) is 18.7 Å². The number of Topliss-reactive ketones (excluding diaryl/α,β-unsaturated/α-hetero) is 1. The lowest BCUT2D eigenvalue weighted by Crippen LogP contribution is -2.32. The van der Waals surface area contributed by atoms with Crippen LogP contribution in [-0.4, -0.2) is 60.4 Å². The number of hydrogen-bond donors (Lipinski definition) is 1. The highest BCUT2D eigenvalue weighted by molar-refractivity contribution is 6.46. The molecule has 1 fully saturated rings.